The number of carbonyl (C=O) groups excluding carboxylic acids is 1. The summed E-state index contributed by atoms with van der Waals surface area (Å²) in [7, 11) is 1.34. The fraction of sp³-hybridized carbons (Fsp3) is 0.833. The third-order valence-corrected chi connectivity index (χ3v) is 6.97. The van der Waals surface area contributed by atoms with Gasteiger partial charge in [0, 0.05) is 13.0 Å². The highest BCUT2D eigenvalue weighted by molar-refractivity contribution is 7.45. The summed E-state index contributed by atoms with van der Waals surface area (Å²) in [5.74, 6) is -0.376. The van der Waals surface area contributed by atoms with E-state index in [-0.39, 0.29) is 32.2 Å². The maximum atomic E-state index is 12.1. The molecule has 0 N–H and O–H groups in total. The van der Waals surface area contributed by atoms with Crippen LogP contribution in [0.3, 0.4) is 0 Å². The van der Waals surface area contributed by atoms with Crippen LogP contribution in [-0.2, 0) is 27.9 Å². The molecule has 0 aliphatic carbocycles. The predicted octanol–water partition coefficient (Wildman–Crippen LogP) is 6.74. The molecule has 0 aliphatic rings. The van der Waals surface area contributed by atoms with Gasteiger partial charge in [-0.15, -0.1) is 0 Å². The van der Waals surface area contributed by atoms with E-state index in [9.17, 15) is 14.3 Å². The number of allylic oxidation sites excluding steroid dienone is 4. The minimum absolute atomic E-state index is 0.0230. The van der Waals surface area contributed by atoms with E-state index in [1.165, 1.54) is 38.5 Å². The monoisotopic (exact) mass is 575 g/mol. The van der Waals surface area contributed by atoms with Gasteiger partial charge in [-0.25, -0.2) is 0 Å². The lowest BCUT2D eigenvalue weighted by molar-refractivity contribution is -0.870. The topological polar surface area (TPSA) is 94.1 Å². The van der Waals surface area contributed by atoms with Crippen molar-refractivity contribution >= 4 is 13.8 Å². The van der Waals surface area contributed by atoms with Crippen molar-refractivity contribution in [3.63, 3.8) is 0 Å². The fourth-order valence-corrected chi connectivity index (χ4v) is 4.27. The predicted molar refractivity (Wildman–Crippen MR) is 157 cm³/mol. The van der Waals surface area contributed by atoms with Crippen LogP contribution in [0.2, 0.25) is 0 Å². The Kier molecular flexibility index (Phi) is 24.1. The van der Waals surface area contributed by atoms with Gasteiger partial charge in [-0.1, -0.05) is 83.1 Å². The van der Waals surface area contributed by atoms with Crippen molar-refractivity contribution in [3.8, 4) is 0 Å². The molecular weight excluding hydrogens is 517 g/mol. The average Bonchev–Trinajstić information content (AvgIpc) is 2.86. The summed E-state index contributed by atoms with van der Waals surface area (Å²) in [6, 6.07) is 0. The second kappa shape index (κ2) is 24.8. The quantitative estimate of drug-likeness (QED) is 0.0352. The third-order valence-electron chi connectivity index (χ3n) is 6.01. The van der Waals surface area contributed by atoms with Gasteiger partial charge >= 0.3 is 5.97 Å². The second-order valence-electron chi connectivity index (χ2n) is 11.1. The van der Waals surface area contributed by atoms with Crippen molar-refractivity contribution < 1.29 is 37.3 Å². The molecule has 0 rings (SSSR count). The van der Waals surface area contributed by atoms with Crippen molar-refractivity contribution in [2.24, 2.45) is 0 Å². The Bertz CT molecular complexity index is 691. The van der Waals surface area contributed by atoms with Crippen molar-refractivity contribution in [1.29, 1.82) is 0 Å². The highest BCUT2D eigenvalue weighted by Gasteiger charge is 2.20. The molecule has 0 bridgehead atoms. The van der Waals surface area contributed by atoms with E-state index in [1.54, 1.807) is 0 Å². The highest BCUT2D eigenvalue weighted by atomic mass is 31.2. The van der Waals surface area contributed by atoms with Gasteiger partial charge in [0.2, 0.25) is 0 Å². The van der Waals surface area contributed by atoms with E-state index in [4.69, 9.17) is 18.5 Å². The number of hydrogen-bond acceptors (Lipinski definition) is 7. The molecule has 0 fully saturated rings. The van der Waals surface area contributed by atoms with Gasteiger partial charge in [0.15, 0.2) is 0 Å². The lowest BCUT2D eigenvalue weighted by Gasteiger charge is -2.28. The lowest BCUT2D eigenvalue weighted by Crippen LogP contribution is -2.37. The number of nitrogens with zero attached hydrogens (tertiary/aromatic N) is 1. The van der Waals surface area contributed by atoms with Crippen LogP contribution in [-0.4, -0.2) is 70.7 Å². The number of phosphoric acid groups is 1. The molecule has 0 aliphatic heterocycles. The standard InChI is InChI=1S/C30H58NO7P/c1-6-8-10-11-12-13-14-15-16-17-18-19-20-21-22-25-35-27-29(38-30(32)23-9-7-2)28-37-39(33,34)36-26-24-31(3,4)5/h11-12,14-15,29H,6-10,13,16-28H2,1-5H3/b12-11-,15-14-. The zero-order valence-corrected chi connectivity index (χ0v) is 26.5. The first-order valence-electron chi connectivity index (χ1n) is 15.1. The van der Waals surface area contributed by atoms with Gasteiger partial charge < -0.3 is 27.9 Å². The maximum Gasteiger partial charge on any atom is 0.306 e. The number of carbonyl (C=O) groups is 1. The molecule has 230 valence electrons. The first-order valence-corrected chi connectivity index (χ1v) is 16.5. The first kappa shape index (κ1) is 38.0. The average molecular weight is 576 g/mol. The largest absolute Gasteiger partial charge is 0.756 e. The summed E-state index contributed by atoms with van der Waals surface area (Å²) in [5.41, 5.74) is 0. The molecule has 2 atom stereocenters. The van der Waals surface area contributed by atoms with Crippen molar-refractivity contribution in [2.45, 2.75) is 110 Å². The van der Waals surface area contributed by atoms with Crippen LogP contribution in [0.5, 0.6) is 0 Å². The van der Waals surface area contributed by atoms with Gasteiger partial charge in [0.1, 0.15) is 19.3 Å². The van der Waals surface area contributed by atoms with Gasteiger partial charge in [-0.2, -0.15) is 0 Å². The SMILES string of the molecule is CCCC/C=C\C/C=C\CCCCCCCCOCC(COP(=O)([O-])OCC[N+](C)(C)C)OC(=O)CCCC. The molecule has 0 radical (unpaired) electrons. The van der Waals surface area contributed by atoms with Gasteiger partial charge in [-0.3, -0.25) is 9.36 Å². The summed E-state index contributed by atoms with van der Waals surface area (Å²) in [6.07, 6.45) is 22.9. The van der Waals surface area contributed by atoms with E-state index in [0.717, 1.165) is 38.5 Å². The zero-order valence-electron chi connectivity index (χ0n) is 25.6. The smallest absolute Gasteiger partial charge is 0.306 e. The molecular formula is C30H58NO7P. The number of unbranched alkanes of at least 4 members (excludes halogenated alkanes) is 9. The van der Waals surface area contributed by atoms with E-state index in [2.05, 4.69) is 31.2 Å². The van der Waals surface area contributed by atoms with E-state index in [0.29, 0.717) is 24.1 Å². The summed E-state index contributed by atoms with van der Waals surface area (Å²) >= 11 is 0. The first-order chi connectivity index (χ1) is 18.6. The van der Waals surface area contributed by atoms with Crippen molar-refractivity contribution in [3.05, 3.63) is 24.3 Å². The molecule has 8 nitrogen and oxygen atoms in total. The summed E-state index contributed by atoms with van der Waals surface area (Å²) < 4.78 is 33.7. The van der Waals surface area contributed by atoms with Crippen LogP contribution < -0.4 is 4.89 Å². The second-order valence-corrected chi connectivity index (χ2v) is 12.5. The zero-order chi connectivity index (χ0) is 29.2. The lowest BCUT2D eigenvalue weighted by atomic mass is 10.1. The van der Waals surface area contributed by atoms with Gasteiger partial charge in [-0.05, 0) is 38.5 Å². The Morgan fingerprint density at radius 2 is 1.41 bits per heavy atom. The summed E-state index contributed by atoms with van der Waals surface area (Å²) in [5, 5.41) is 0. The number of hydrogen-bond donors (Lipinski definition) is 0. The Morgan fingerprint density at radius 3 is 2.05 bits per heavy atom. The summed E-state index contributed by atoms with van der Waals surface area (Å²) in [6.45, 7) is 5.06. The molecule has 0 aromatic rings. The minimum Gasteiger partial charge on any atom is -0.756 e. The molecule has 0 amide bonds. The number of esters is 1. The van der Waals surface area contributed by atoms with Crippen LogP contribution in [0.4, 0.5) is 0 Å². The summed E-state index contributed by atoms with van der Waals surface area (Å²) in [4.78, 5) is 24.2. The van der Waals surface area contributed by atoms with Gasteiger partial charge in [0.05, 0.1) is 34.4 Å². The Balaban J connectivity index is 4.09. The maximum absolute atomic E-state index is 12.1. The van der Waals surface area contributed by atoms with Crippen molar-refractivity contribution in [1.82, 2.24) is 0 Å². The van der Waals surface area contributed by atoms with Gasteiger partial charge in [0.25, 0.3) is 7.82 Å². The Hall–Kier alpha value is -1.02. The highest BCUT2D eigenvalue weighted by Crippen LogP contribution is 2.38. The van der Waals surface area contributed by atoms with E-state index >= 15 is 0 Å². The number of phosphoric ester groups is 1. The molecule has 2 unspecified atom stereocenters. The number of likely N-dealkylation sites (N-methyl/N-ethyl adjacent to an activating group) is 1. The van der Waals surface area contributed by atoms with Crippen LogP contribution in [0, 0.1) is 0 Å². The molecule has 0 saturated carbocycles. The number of rotatable bonds is 27. The Labute approximate surface area is 239 Å². The molecule has 0 spiro atoms. The third kappa shape index (κ3) is 28.3. The van der Waals surface area contributed by atoms with Crippen molar-refractivity contribution in [2.75, 3.05) is 54.1 Å². The van der Waals surface area contributed by atoms with E-state index < -0.39 is 13.9 Å². The van der Waals surface area contributed by atoms with Crippen LogP contribution in [0.15, 0.2) is 24.3 Å². The Morgan fingerprint density at radius 1 is 0.795 bits per heavy atom. The molecule has 0 heterocycles. The van der Waals surface area contributed by atoms with Crippen LogP contribution in [0.25, 0.3) is 0 Å². The molecule has 0 aromatic carbocycles. The minimum atomic E-state index is -4.49. The molecule has 0 saturated heterocycles. The van der Waals surface area contributed by atoms with Crippen LogP contribution >= 0.6 is 7.82 Å². The molecule has 0 aromatic heterocycles. The van der Waals surface area contributed by atoms with Crippen LogP contribution in [0.1, 0.15) is 104 Å². The fourth-order valence-electron chi connectivity index (χ4n) is 3.54. The molecule has 39 heavy (non-hydrogen) atoms. The van der Waals surface area contributed by atoms with E-state index in [1.807, 2.05) is 28.1 Å². The molecule has 9 heteroatoms. The normalized spacial score (nSPS) is 14.7. The number of quaternary nitrogens is 1. The number of ether oxygens (including phenoxy) is 2.